The number of rotatable bonds is 6. The first-order valence-electron chi connectivity index (χ1n) is 10.4. The third-order valence-electron chi connectivity index (χ3n) is 5.18. The lowest BCUT2D eigenvalue weighted by Crippen LogP contribution is -2.48. The topological polar surface area (TPSA) is 54.9 Å². The van der Waals surface area contributed by atoms with E-state index >= 15 is 0 Å². The van der Waals surface area contributed by atoms with Crippen molar-refractivity contribution < 1.29 is 14.3 Å². The molecule has 0 radical (unpaired) electrons. The van der Waals surface area contributed by atoms with Crippen LogP contribution >= 0.6 is 11.3 Å². The number of ether oxygens (including phenoxy) is 2. The number of benzene rings is 2. The summed E-state index contributed by atoms with van der Waals surface area (Å²) >= 11 is 1.49. The number of nitrogens with zero attached hydrogens (tertiary/aromatic N) is 3. The lowest BCUT2D eigenvalue weighted by atomic mass is 10.2. The standard InChI is InChI=1S/C24H27N3O3S/c1-17(2)30-20-9-7-18(8-10-20)23-25-22(16-31-23)24(28)27-13-11-26(12-14-27)19-5-4-6-21(15-19)29-3/h4-10,15-17H,11-14H2,1-3H3. The fourth-order valence-corrected chi connectivity index (χ4v) is 4.39. The molecule has 0 atom stereocenters. The van der Waals surface area contributed by atoms with Crippen LogP contribution in [0.2, 0.25) is 0 Å². The Morgan fingerprint density at radius 2 is 1.77 bits per heavy atom. The molecule has 1 aromatic heterocycles. The Labute approximate surface area is 187 Å². The van der Waals surface area contributed by atoms with Crippen LogP contribution in [0.1, 0.15) is 24.3 Å². The number of anilines is 1. The first kappa shape index (κ1) is 21.2. The van der Waals surface area contributed by atoms with Gasteiger partial charge in [0.05, 0.1) is 13.2 Å². The molecule has 4 rings (SSSR count). The van der Waals surface area contributed by atoms with Crippen molar-refractivity contribution in [1.29, 1.82) is 0 Å². The highest BCUT2D eigenvalue weighted by molar-refractivity contribution is 7.13. The van der Waals surface area contributed by atoms with E-state index in [2.05, 4.69) is 16.0 Å². The number of hydrogen-bond acceptors (Lipinski definition) is 6. The summed E-state index contributed by atoms with van der Waals surface area (Å²) in [5.41, 5.74) is 2.62. The van der Waals surface area contributed by atoms with E-state index in [1.807, 2.05) is 66.6 Å². The third-order valence-corrected chi connectivity index (χ3v) is 6.07. The van der Waals surface area contributed by atoms with Gasteiger partial charge in [0.25, 0.3) is 5.91 Å². The van der Waals surface area contributed by atoms with Crippen molar-refractivity contribution in [2.45, 2.75) is 20.0 Å². The number of methoxy groups -OCH3 is 1. The van der Waals surface area contributed by atoms with Gasteiger partial charge in [-0.1, -0.05) is 6.07 Å². The van der Waals surface area contributed by atoms with Crippen molar-refractivity contribution in [3.63, 3.8) is 0 Å². The molecule has 6 nitrogen and oxygen atoms in total. The molecule has 1 aliphatic rings. The molecule has 2 aromatic carbocycles. The molecule has 7 heteroatoms. The first-order chi connectivity index (χ1) is 15.0. The van der Waals surface area contributed by atoms with Crippen LogP contribution in [0.3, 0.4) is 0 Å². The van der Waals surface area contributed by atoms with Crippen LogP contribution in [-0.2, 0) is 0 Å². The number of carbonyl (C=O) groups is 1. The lowest BCUT2D eigenvalue weighted by Gasteiger charge is -2.35. The molecule has 1 saturated heterocycles. The van der Waals surface area contributed by atoms with Crippen molar-refractivity contribution in [1.82, 2.24) is 9.88 Å². The number of piperazine rings is 1. The molecular formula is C24H27N3O3S. The summed E-state index contributed by atoms with van der Waals surface area (Å²) in [5, 5.41) is 2.69. The van der Waals surface area contributed by atoms with Gasteiger partial charge in [-0.25, -0.2) is 4.98 Å². The number of aromatic nitrogens is 1. The molecule has 162 valence electrons. The van der Waals surface area contributed by atoms with Gasteiger partial charge in [-0.05, 0) is 50.2 Å². The molecule has 0 aliphatic carbocycles. The summed E-state index contributed by atoms with van der Waals surface area (Å²) in [4.78, 5) is 21.7. The van der Waals surface area contributed by atoms with Crippen molar-refractivity contribution in [3.05, 3.63) is 59.6 Å². The zero-order valence-electron chi connectivity index (χ0n) is 18.1. The Kier molecular flexibility index (Phi) is 6.42. The van der Waals surface area contributed by atoms with E-state index in [-0.39, 0.29) is 12.0 Å². The second-order valence-electron chi connectivity index (χ2n) is 7.71. The van der Waals surface area contributed by atoms with Crippen molar-refractivity contribution in [2.24, 2.45) is 0 Å². The summed E-state index contributed by atoms with van der Waals surface area (Å²) in [6.07, 6.45) is 0.138. The van der Waals surface area contributed by atoms with Crippen molar-refractivity contribution in [2.75, 3.05) is 38.2 Å². The maximum Gasteiger partial charge on any atom is 0.273 e. The van der Waals surface area contributed by atoms with Gasteiger partial charge in [-0.3, -0.25) is 4.79 Å². The maximum atomic E-state index is 13.0. The van der Waals surface area contributed by atoms with E-state index < -0.39 is 0 Å². The van der Waals surface area contributed by atoms with E-state index in [1.54, 1.807) is 7.11 Å². The normalized spacial score (nSPS) is 14.1. The van der Waals surface area contributed by atoms with Gasteiger partial charge in [-0.2, -0.15) is 0 Å². The molecule has 2 heterocycles. The molecule has 31 heavy (non-hydrogen) atoms. The molecular weight excluding hydrogens is 410 g/mol. The predicted octanol–water partition coefficient (Wildman–Crippen LogP) is 4.57. The highest BCUT2D eigenvalue weighted by atomic mass is 32.1. The average molecular weight is 438 g/mol. The lowest BCUT2D eigenvalue weighted by molar-refractivity contribution is 0.0741. The minimum absolute atomic E-state index is 0.00689. The Morgan fingerprint density at radius 3 is 2.45 bits per heavy atom. The van der Waals surface area contributed by atoms with Gasteiger partial charge < -0.3 is 19.3 Å². The summed E-state index contributed by atoms with van der Waals surface area (Å²) in [6, 6.07) is 15.9. The molecule has 0 spiro atoms. The molecule has 1 fully saturated rings. The molecule has 0 unspecified atom stereocenters. The molecule has 0 N–H and O–H groups in total. The van der Waals surface area contributed by atoms with E-state index in [4.69, 9.17) is 9.47 Å². The van der Waals surface area contributed by atoms with E-state index in [0.717, 1.165) is 40.8 Å². The summed E-state index contributed by atoms with van der Waals surface area (Å²) in [6.45, 7) is 6.92. The Bertz CT molecular complexity index is 1020. The number of amides is 1. The van der Waals surface area contributed by atoms with Crippen LogP contribution in [0.5, 0.6) is 11.5 Å². The van der Waals surface area contributed by atoms with Gasteiger partial charge in [0.2, 0.25) is 0 Å². The Hall–Kier alpha value is -3.06. The van der Waals surface area contributed by atoms with E-state index in [0.29, 0.717) is 18.8 Å². The molecule has 0 bridgehead atoms. The number of carbonyl (C=O) groups excluding carboxylic acids is 1. The van der Waals surface area contributed by atoms with Crippen LogP contribution < -0.4 is 14.4 Å². The minimum Gasteiger partial charge on any atom is -0.497 e. The molecule has 0 saturated carbocycles. The van der Waals surface area contributed by atoms with Gasteiger partial charge >= 0.3 is 0 Å². The van der Waals surface area contributed by atoms with Gasteiger partial charge in [0.1, 0.15) is 22.2 Å². The second-order valence-corrected chi connectivity index (χ2v) is 8.57. The Morgan fingerprint density at radius 1 is 1.03 bits per heavy atom. The monoisotopic (exact) mass is 437 g/mol. The maximum absolute atomic E-state index is 13.0. The molecule has 3 aromatic rings. The van der Waals surface area contributed by atoms with Crippen LogP contribution in [-0.4, -0.2) is 55.2 Å². The number of hydrogen-bond donors (Lipinski definition) is 0. The largest absolute Gasteiger partial charge is 0.497 e. The highest BCUT2D eigenvalue weighted by Crippen LogP contribution is 2.27. The highest BCUT2D eigenvalue weighted by Gasteiger charge is 2.24. The van der Waals surface area contributed by atoms with Crippen LogP contribution in [0.4, 0.5) is 5.69 Å². The SMILES string of the molecule is COc1cccc(N2CCN(C(=O)c3csc(-c4ccc(OC(C)C)cc4)n3)CC2)c1. The Balaban J connectivity index is 1.38. The van der Waals surface area contributed by atoms with Crippen LogP contribution in [0.15, 0.2) is 53.9 Å². The summed E-state index contributed by atoms with van der Waals surface area (Å²) < 4.78 is 11.0. The fourth-order valence-electron chi connectivity index (χ4n) is 3.59. The minimum atomic E-state index is -0.00689. The van der Waals surface area contributed by atoms with E-state index in [1.165, 1.54) is 11.3 Å². The van der Waals surface area contributed by atoms with Crippen LogP contribution in [0.25, 0.3) is 10.6 Å². The fraction of sp³-hybridized carbons (Fsp3) is 0.333. The number of thiazole rings is 1. The van der Waals surface area contributed by atoms with Gasteiger partial charge in [0.15, 0.2) is 0 Å². The second kappa shape index (κ2) is 9.39. The predicted molar refractivity (Wildman–Crippen MR) is 124 cm³/mol. The average Bonchev–Trinajstić information content (AvgIpc) is 3.29. The zero-order chi connectivity index (χ0) is 21.8. The molecule has 1 amide bonds. The van der Waals surface area contributed by atoms with E-state index in [9.17, 15) is 4.79 Å². The smallest absolute Gasteiger partial charge is 0.273 e. The molecule has 1 aliphatic heterocycles. The third kappa shape index (κ3) is 4.99. The van der Waals surface area contributed by atoms with Gasteiger partial charge in [0, 0.05) is 48.9 Å². The first-order valence-corrected chi connectivity index (χ1v) is 11.3. The zero-order valence-corrected chi connectivity index (χ0v) is 18.9. The van der Waals surface area contributed by atoms with Crippen LogP contribution in [0, 0.1) is 0 Å². The summed E-state index contributed by atoms with van der Waals surface area (Å²) in [5.74, 6) is 1.67. The van der Waals surface area contributed by atoms with Crippen molar-refractivity contribution in [3.8, 4) is 22.1 Å². The van der Waals surface area contributed by atoms with Crippen molar-refractivity contribution >= 4 is 22.9 Å². The summed E-state index contributed by atoms with van der Waals surface area (Å²) in [7, 11) is 1.67. The van der Waals surface area contributed by atoms with Gasteiger partial charge in [-0.15, -0.1) is 11.3 Å². The quantitative estimate of drug-likeness (QED) is 0.566.